The number of amides is 1. The van der Waals surface area contributed by atoms with Gasteiger partial charge in [0, 0.05) is 24.0 Å². The Labute approximate surface area is 141 Å². The van der Waals surface area contributed by atoms with E-state index in [0.717, 1.165) is 36.8 Å². The summed E-state index contributed by atoms with van der Waals surface area (Å²) in [6.07, 6.45) is 2.59. The van der Waals surface area contributed by atoms with Gasteiger partial charge >= 0.3 is 0 Å². The second-order valence-corrected chi connectivity index (χ2v) is 7.30. The van der Waals surface area contributed by atoms with Crippen molar-refractivity contribution in [3.8, 4) is 0 Å². The van der Waals surface area contributed by atoms with Crippen molar-refractivity contribution in [2.45, 2.75) is 33.2 Å². The van der Waals surface area contributed by atoms with E-state index in [2.05, 4.69) is 22.1 Å². The first-order chi connectivity index (χ1) is 11.1. The van der Waals surface area contributed by atoms with Gasteiger partial charge in [-0.25, -0.2) is 4.98 Å². The van der Waals surface area contributed by atoms with E-state index in [1.807, 2.05) is 36.6 Å². The van der Waals surface area contributed by atoms with E-state index in [-0.39, 0.29) is 5.91 Å². The van der Waals surface area contributed by atoms with E-state index in [1.54, 1.807) is 0 Å². The van der Waals surface area contributed by atoms with Gasteiger partial charge in [-0.2, -0.15) is 0 Å². The van der Waals surface area contributed by atoms with Crippen LogP contribution in [0.25, 0.3) is 0 Å². The summed E-state index contributed by atoms with van der Waals surface area (Å²) in [5.41, 5.74) is 2.86. The fraction of sp³-hybridized carbons (Fsp3) is 0.444. The summed E-state index contributed by atoms with van der Waals surface area (Å²) in [4.78, 5) is 19.2. The van der Waals surface area contributed by atoms with Crippen LogP contribution in [0.4, 0.5) is 5.13 Å². The molecule has 1 aliphatic heterocycles. The molecule has 1 fully saturated rings. The van der Waals surface area contributed by atoms with E-state index in [1.165, 1.54) is 24.2 Å². The summed E-state index contributed by atoms with van der Waals surface area (Å²) in [6.45, 7) is 7.48. The maximum absolute atomic E-state index is 12.2. The van der Waals surface area contributed by atoms with Crippen LogP contribution in [0.5, 0.6) is 0 Å². The Morgan fingerprint density at radius 1 is 1.39 bits per heavy atom. The maximum Gasteiger partial charge on any atom is 0.257 e. The van der Waals surface area contributed by atoms with Crippen molar-refractivity contribution < 1.29 is 4.79 Å². The zero-order valence-corrected chi connectivity index (χ0v) is 14.5. The number of nitrogens with zero attached hydrogens (tertiary/aromatic N) is 2. The third kappa shape index (κ3) is 4.39. The molecular weight excluding hydrogens is 306 g/mol. The molecule has 3 rings (SSSR count). The van der Waals surface area contributed by atoms with Crippen molar-refractivity contribution in [1.82, 2.24) is 9.88 Å². The molecule has 1 unspecified atom stereocenters. The number of carbonyl (C=O) groups is 1. The monoisotopic (exact) mass is 329 g/mol. The second kappa shape index (κ2) is 7.23. The molecule has 0 aliphatic carbocycles. The minimum Gasteiger partial charge on any atom is -0.298 e. The van der Waals surface area contributed by atoms with Crippen LogP contribution in [-0.4, -0.2) is 28.9 Å². The quantitative estimate of drug-likeness (QED) is 0.924. The average molecular weight is 329 g/mol. The predicted molar refractivity (Wildman–Crippen MR) is 94.9 cm³/mol. The van der Waals surface area contributed by atoms with Crippen LogP contribution < -0.4 is 5.32 Å². The Morgan fingerprint density at radius 2 is 2.17 bits per heavy atom. The van der Waals surface area contributed by atoms with Crippen LogP contribution in [0.15, 0.2) is 29.6 Å². The van der Waals surface area contributed by atoms with Gasteiger partial charge in [-0.15, -0.1) is 11.3 Å². The fourth-order valence-corrected chi connectivity index (χ4v) is 3.67. The highest BCUT2D eigenvalue weighted by molar-refractivity contribution is 7.13. The van der Waals surface area contributed by atoms with Gasteiger partial charge in [-0.05, 0) is 44.4 Å². The molecule has 23 heavy (non-hydrogen) atoms. The number of hydrogen-bond donors (Lipinski definition) is 1. The summed E-state index contributed by atoms with van der Waals surface area (Å²) >= 11 is 1.50. The zero-order chi connectivity index (χ0) is 16.2. The Morgan fingerprint density at radius 3 is 2.91 bits per heavy atom. The SMILES string of the molecule is Cc1ccc(C(=O)Nc2nc(CN3CCCC(C)C3)cs2)cc1. The number of thiazole rings is 1. The van der Waals surface area contributed by atoms with E-state index in [9.17, 15) is 4.79 Å². The van der Waals surface area contributed by atoms with Crippen molar-refractivity contribution in [3.05, 3.63) is 46.5 Å². The first-order valence-electron chi connectivity index (χ1n) is 8.15. The van der Waals surface area contributed by atoms with Gasteiger partial charge in [0.05, 0.1) is 5.69 Å². The molecular formula is C18H23N3OS. The number of aryl methyl sites for hydroxylation is 1. The third-order valence-corrected chi connectivity index (χ3v) is 5.02. The second-order valence-electron chi connectivity index (χ2n) is 6.45. The minimum absolute atomic E-state index is 0.0995. The molecule has 1 aromatic heterocycles. The lowest BCUT2D eigenvalue weighted by atomic mass is 10.0. The lowest BCUT2D eigenvalue weighted by Gasteiger charge is -2.30. The van der Waals surface area contributed by atoms with Crippen LogP contribution >= 0.6 is 11.3 Å². The molecule has 1 aromatic carbocycles. The standard InChI is InChI=1S/C18H23N3OS/c1-13-5-7-15(8-6-13)17(22)20-18-19-16(12-23-18)11-21-9-3-4-14(2)10-21/h5-8,12,14H,3-4,9-11H2,1-2H3,(H,19,20,22). The fourth-order valence-electron chi connectivity index (χ4n) is 2.97. The van der Waals surface area contributed by atoms with Gasteiger partial charge in [0.25, 0.3) is 5.91 Å². The predicted octanol–water partition coefficient (Wildman–Crippen LogP) is 3.94. The minimum atomic E-state index is -0.0995. The van der Waals surface area contributed by atoms with E-state index >= 15 is 0 Å². The number of anilines is 1. The Bertz CT molecular complexity index is 665. The number of aromatic nitrogens is 1. The number of carbonyl (C=O) groups excluding carboxylic acids is 1. The van der Waals surface area contributed by atoms with Gasteiger partial charge < -0.3 is 0 Å². The molecule has 0 saturated carbocycles. The van der Waals surface area contributed by atoms with Crippen LogP contribution in [0.1, 0.15) is 41.4 Å². The summed E-state index contributed by atoms with van der Waals surface area (Å²) in [7, 11) is 0. The van der Waals surface area contributed by atoms with Crippen molar-refractivity contribution in [3.63, 3.8) is 0 Å². The van der Waals surface area contributed by atoms with Crippen molar-refractivity contribution >= 4 is 22.4 Å². The van der Waals surface area contributed by atoms with Gasteiger partial charge in [0.1, 0.15) is 0 Å². The molecule has 122 valence electrons. The molecule has 0 spiro atoms. The number of hydrogen-bond acceptors (Lipinski definition) is 4. The Hall–Kier alpha value is -1.72. The third-order valence-electron chi connectivity index (χ3n) is 4.21. The molecule has 1 saturated heterocycles. The first-order valence-corrected chi connectivity index (χ1v) is 9.03. The summed E-state index contributed by atoms with van der Waals surface area (Å²) in [5, 5.41) is 5.62. The molecule has 1 atom stereocenters. The van der Waals surface area contributed by atoms with E-state index in [0.29, 0.717) is 10.7 Å². The van der Waals surface area contributed by atoms with Gasteiger partial charge in [0.15, 0.2) is 5.13 Å². The molecule has 2 heterocycles. The number of piperidine rings is 1. The normalized spacial score (nSPS) is 18.8. The number of benzene rings is 1. The topological polar surface area (TPSA) is 45.2 Å². The largest absolute Gasteiger partial charge is 0.298 e. The smallest absolute Gasteiger partial charge is 0.257 e. The van der Waals surface area contributed by atoms with Crippen LogP contribution in [0.2, 0.25) is 0 Å². The van der Waals surface area contributed by atoms with Crippen molar-refractivity contribution in [2.24, 2.45) is 5.92 Å². The lowest BCUT2D eigenvalue weighted by Crippen LogP contribution is -2.33. The molecule has 1 N–H and O–H groups in total. The molecule has 1 amide bonds. The van der Waals surface area contributed by atoms with Crippen molar-refractivity contribution in [1.29, 1.82) is 0 Å². The molecule has 1 aliphatic rings. The van der Waals surface area contributed by atoms with E-state index < -0.39 is 0 Å². The highest BCUT2D eigenvalue weighted by Crippen LogP contribution is 2.21. The molecule has 0 radical (unpaired) electrons. The van der Waals surface area contributed by atoms with Gasteiger partial charge in [-0.1, -0.05) is 24.6 Å². The molecule has 4 nitrogen and oxygen atoms in total. The molecule has 0 bridgehead atoms. The lowest BCUT2D eigenvalue weighted by molar-refractivity contribution is 0.102. The van der Waals surface area contributed by atoms with E-state index in [4.69, 9.17) is 0 Å². The van der Waals surface area contributed by atoms with Gasteiger partial charge in [-0.3, -0.25) is 15.0 Å². The van der Waals surface area contributed by atoms with Crippen LogP contribution in [0, 0.1) is 12.8 Å². The molecule has 2 aromatic rings. The highest BCUT2D eigenvalue weighted by atomic mass is 32.1. The summed E-state index contributed by atoms with van der Waals surface area (Å²) in [5.74, 6) is 0.667. The number of rotatable bonds is 4. The first kappa shape index (κ1) is 16.1. The summed E-state index contributed by atoms with van der Waals surface area (Å²) in [6, 6.07) is 7.57. The maximum atomic E-state index is 12.2. The average Bonchev–Trinajstić information content (AvgIpc) is 2.95. The van der Waals surface area contributed by atoms with Gasteiger partial charge in [0.2, 0.25) is 0 Å². The highest BCUT2D eigenvalue weighted by Gasteiger charge is 2.17. The Balaban J connectivity index is 1.58. The van der Waals surface area contributed by atoms with Crippen molar-refractivity contribution in [2.75, 3.05) is 18.4 Å². The number of nitrogens with one attached hydrogen (secondary N) is 1. The van der Waals surface area contributed by atoms with Crippen LogP contribution in [-0.2, 0) is 6.54 Å². The summed E-state index contributed by atoms with van der Waals surface area (Å²) < 4.78 is 0. The van der Waals surface area contributed by atoms with Crippen LogP contribution in [0.3, 0.4) is 0 Å². The number of likely N-dealkylation sites (tertiary alicyclic amines) is 1. The molecule has 5 heteroatoms. The Kier molecular flexibility index (Phi) is 5.08. The zero-order valence-electron chi connectivity index (χ0n) is 13.7.